The smallest absolute Gasteiger partial charge is 0.0591 e. The SMILES string of the molecule is CCCCCCCC[P+](C)(CCCCCCCC)CCCCCCCC.CCCCCCCC[P+](C)(CCCCCCCC)CCCCCCCC.CP(=O)([O-])[O-]. The molecule has 0 amide bonds. The second-order valence-corrected chi connectivity index (χ2v) is 29.7. The maximum atomic E-state index is 9.10. The van der Waals surface area contributed by atoms with Crippen LogP contribution in [0.5, 0.6) is 0 Å². The van der Waals surface area contributed by atoms with Crippen LogP contribution in [0.3, 0.4) is 0 Å². The van der Waals surface area contributed by atoms with Gasteiger partial charge in [-0.05, 0) is 83.7 Å². The molecule has 0 aromatic rings. The molecule has 0 saturated heterocycles. The third-order valence-electron chi connectivity index (χ3n) is 12.3. The number of hydrogen-bond acceptors (Lipinski definition) is 3. The van der Waals surface area contributed by atoms with Gasteiger partial charge in [-0.3, -0.25) is 0 Å². The highest BCUT2D eigenvalue weighted by molar-refractivity contribution is 7.75. The Labute approximate surface area is 364 Å². The normalized spacial score (nSPS) is 12.0. The summed E-state index contributed by atoms with van der Waals surface area (Å²) in [6, 6.07) is 0. The minimum Gasteiger partial charge on any atom is -0.811 e. The zero-order valence-corrected chi connectivity index (χ0v) is 43.9. The standard InChI is InChI=1S/2C25H54P.CH5O3P/c2*1-5-8-11-14-17-20-23-26(4,24-21-18-15-12-9-6-2)25-22-19-16-13-10-7-3;1-5(2,3)4/h2*5-25H2,1-4H3;1H3,(H2,2,3,4)/q2*+1;/p-2. The summed E-state index contributed by atoms with van der Waals surface area (Å²) in [6.07, 6.45) is 62.5. The molecule has 0 spiro atoms. The maximum Gasteiger partial charge on any atom is 0.0591 e. The van der Waals surface area contributed by atoms with E-state index in [0.717, 1.165) is 0 Å². The van der Waals surface area contributed by atoms with Gasteiger partial charge in [0.05, 0.1) is 37.0 Å². The van der Waals surface area contributed by atoms with E-state index in [4.69, 9.17) is 14.4 Å². The largest absolute Gasteiger partial charge is 0.811 e. The summed E-state index contributed by atoms with van der Waals surface area (Å²) in [5, 5.41) is 0. The minimum atomic E-state index is -4.14. The molecule has 0 aromatic carbocycles. The average Bonchev–Trinajstić information content (AvgIpc) is 3.16. The molecule has 57 heavy (non-hydrogen) atoms. The van der Waals surface area contributed by atoms with Gasteiger partial charge in [-0.1, -0.05) is 203 Å². The molecule has 0 aliphatic heterocycles. The van der Waals surface area contributed by atoms with E-state index in [1.165, 1.54) is 231 Å². The van der Waals surface area contributed by atoms with Crippen molar-refractivity contribution in [3.05, 3.63) is 0 Å². The Morgan fingerprint density at radius 2 is 0.386 bits per heavy atom. The fourth-order valence-electron chi connectivity index (χ4n) is 8.31. The summed E-state index contributed by atoms with van der Waals surface area (Å²) >= 11 is 0. The van der Waals surface area contributed by atoms with Crippen molar-refractivity contribution in [2.45, 2.75) is 273 Å². The first kappa shape index (κ1) is 62.3. The number of unbranched alkanes of at least 4 members (excludes halogenated alkanes) is 30. The second kappa shape index (κ2) is 48.0. The molecule has 0 heterocycles. The van der Waals surface area contributed by atoms with Crippen molar-refractivity contribution in [1.29, 1.82) is 0 Å². The fourth-order valence-corrected chi connectivity index (χ4v) is 15.6. The van der Waals surface area contributed by atoms with Gasteiger partial charge in [-0.2, -0.15) is 0 Å². The Morgan fingerprint density at radius 1 is 0.281 bits per heavy atom. The van der Waals surface area contributed by atoms with Crippen molar-refractivity contribution in [3.63, 3.8) is 0 Å². The van der Waals surface area contributed by atoms with Crippen LogP contribution in [-0.2, 0) is 4.57 Å². The molecule has 0 saturated carbocycles. The van der Waals surface area contributed by atoms with Crippen LogP contribution in [0.2, 0.25) is 0 Å². The van der Waals surface area contributed by atoms with Crippen LogP contribution >= 0.6 is 22.1 Å². The first-order valence-corrected chi connectivity index (χ1v) is 33.6. The summed E-state index contributed by atoms with van der Waals surface area (Å²) < 4.78 is 9.10. The van der Waals surface area contributed by atoms with E-state index < -0.39 is 22.1 Å². The lowest BCUT2D eigenvalue weighted by Crippen LogP contribution is -2.10. The van der Waals surface area contributed by atoms with E-state index in [2.05, 4.69) is 54.9 Å². The van der Waals surface area contributed by atoms with E-state index >= 15 is 0 Å². The Bertz CT molecular complexity index is 642. The van der Waals surface area contributed by atoms with E-state index in [-0.39, 0.29) is 0 Å². The van der Waals surface area contributed by atoms with Crippen LogP contribution in [0, 0.1) is 0 Å². The van der Waals surface area contributed by atoms with E-state index in [9.17, 15) is 0 Å². The first-order valence-electron chi connectivity index (χ1n) is 26.0. The Hall–Kier alpha value is 1.01. The van der Waals surface area contributed by atoms with Crippen LogP contribution in [0.1, 0.15) is 273 Å². The maximum absolute atomic E-state index is 9.10. The lowest BCUT2D eigenvalue weighted by molar-refractivity contribution is -0.311. The van der Waals surface area contributed by atoms with Crippen LogP contribution in [0.25, 0.3) is 0 Å². The highest BCUT2D eigenvalue weighted by Crippen LogP contribution is 2.58. The van der Waals surface area contributed by atoms with Crippen LogP contribution in [0.15, 0.2) is 0 Å². The molecule has 0 rings (SSSR count). The predicted octanol–water partition coefficient (Wildman–Crippen LogP) is 18.0. The molecule has 0 unspecified atom stereocenters. The van der Waals surface area contributed by atoms with Gasteiger partial charge in [-0.25, -0.2) is 0 Å². The number of hydrogen-bond donors (Lipinski definition) is 0. The Morgan fingerprint density at radius 3 is 0.509 bits per heavy atom. The lowest BCUT2D eigenvalue weighted by Gasteiger charge is -2.24. The van der Waals surface area contributed by atoms with E-state index in [0.29, 0.717) is 6.66 Å². The molecule has 0 aliphatic carbocycles. The van der Waals surface area contributed by atoms with Crippen LogP contribution in [-0.4, -0.2) is 57.0 Å². The molecular formula is C51H111O3P3. The molecule has 3 nitrogen and oxygen atoms in total. The van der Waals surface area contributed by atoms with E-state index in [1.807, 2.05) is 0 Å². The highest BCUT2D eigenvalue weighted by Gasteiger charge is 2.30. The average molecular weight is 865 g/mol. The molecule has 6 heteroatoms. The van der Waals surface area contributed by atoms with Gasteiger partial charge in [0.15, 0.2) is 0 Å². The van der Waals surface area contributed by atoms with Gasteiger partial charge in [0, 0.05) is 27.9 Å². The lowest BCUT2D eigenvalue weighted by atomic mass is 10.1. The second-order valence-electron chi connectivity index (χ2n) is 19.0. The van der Waals surface area contributed by atoms with Gasteiger partial charge in [0.2, 0.25) is 0 Å². The molecule has 0 aliphatic rings. The Kier molecular flexibility index (Phi) is 52.5. The van der Waals surface area contributed by atoms with Gasteiger partial charge >= 0.3 is 0 Å². The van der Waals surface area contributed by atoms with Crippen molar-refractivity contribution in [2.24, 2.45) is 0 Å². The summed E-state index contributed by atoms with van der Waals surface area (Å²) in [5.41, 5.74) is 0. The van der Waals surface area contributed by atoms with Gasteiger partial charge in [-0.15, -0.1) is 0 Å². The molecule has 0 aromatic heterocycles. The summed E-state index contributed by atoms with van der Waals surface area (Å²) in [4.78, 5) is 18.2. The molecule has 348 valence electrons. The van der Waals surface area contributed by atoms with Crippen LogP contribution < -0.4 is 9.79 Å². The van der Waals surface area contributed by atoms with Gasteiger partial charge < -0.3 is 14.4 Å². The zero-order chi connectivity index (χ0) is 43.2. The van der Waals surface area contributed by atoms with Crippen molar-refractivity contribution in [3.8, 4) is 0 Å². The quantitative estimate of drug-likeness (QED) is 0.0454. The summed E-state index contributed by atoms with van der Waals surface area (Å²) in [6.45, 7) is 20.0. The topological polar surface area (TPSA) is 63.2 Å². The summed E-state index contributed by atoms with van der Waals surface area (Å²) in [5.74, 6) is 0. The van der Waals surface area contributed by atoms with Gasteiger partial charge in [0.25, 0.3) is 0 Å². The molecular weight excluding hydrogens is 753 g/mol. The predicted molar refractivity (Wildman–Crippen MR) is 269 cm³/mol. The van der Waals surface area contributed by atoms with Gasteiger partial charge in [0.1, 0.15) is 0 Å². The third kappa shape index (κ3) is 57.0. The van der Waals surface area contributed by atoms with E-state index in [1.54, 1.807) is 37.0 Å². The fraction of sp³-hybridized carbons (Fsp3) is 1.00. The number of rotatable bonds is 42. The molecule has 0 fully saturated rings. The zero-order valence-electron chi connectivity index (χ0n) is 41.3. The Balaban J connectivity index is -0.000000913. The third-order valence-corrected chi connectivity index (χ3v) is 20.7. The first-order chi connectivity index (χ1) is 27.4. The summed E-state index contributed by atoms with van der Waals surface area (Å²) in [7, 11) is -5.41. The van der Waals surface area contributed by atoms with Crippen molar-refractivity contribution in [1.82, 2.24) is 0 Å². The molecule has 0 radical (unpaired) electrons. The van der Waals surface area contributed by atoms with Crippen molar-refractivity contribution < 1.29 is 14.4 Å². The highest BCUT2D eigenvalue weighted by atomic mass is 31.2. The molecule has 0 bridgehead atoms. The van der Waals surface area contributed by atoms with Crippen molar-refractivity contribution >= 4 is 22.1 Å². The minimum absolute atomic E-state index is 0.632. The molecule has 0 N–H and O–H groups in total. The molecule has 0 atom stereocenters. The monoisotopic (exact) mass is 865 g/mol. The van der Waals surface area contributed by atoms with Crippen LogP contribution in [0.4, 0.5) is 0 Å². The van der Waals surface area contributed by atoms with Crippen molar-refractivity contribution in [2.75, 3.05) is 57.0 Å².